The number of rotatable bonds is 4. The average Bonchev–Trinajstić information content (AvgIpc) is 2.34. The number of halogens is 1. The predicted octanol–water partition coefficient (Wildman–Crippen LogP) is 2.12. The van der Waals surface area contributed by atoms with E-state index in [9.17, 15) is 0 Å². The molecule has 1 rings (SSSR count). The molecule has 1 atom stereocenters. The van der Waals surface area contributed by atoms with E-state index in [0.29, 0.717) is 5.92 Å². The molecule has 0 radical (unpaired) electrons. The maximum absolute atomic E-state index is 4.47. The third-order valence-corrected chi connectivity index (χ3v) is 3.48. The minimum absolute atomic E-state index is 0.602. The van der Waals surface area contributed by atoms with E-state index in [-0.39, 0.29) is 0 Å². The van der Waals surface area contributed by atoms with Gasteiger partial charge in [-0.2, -0.15) is 5.10 Å². The molecular weight excluding hydrogens is 242 g/mol. The summed E-state index contributed by atoms with van der Waals surface area (Å²) < 4.78 is 3.20. The first-order chi connectivity index (χ1) is 6.56. The highest BCUT2D eigenvalue weighted by Crippen LogP contribution is 2.20. The van der Waals surface area contributed by atoms with Crippen molar-refractivity contribution in [1.29, 1.82) is 0 Å². The van der Waals surface area contributed by atoms with Gasteiger partial charge in [0.1, 0.15) is 0 Å². The molecule has 0 spiro atoms. The number of nitrogens with one attached hydrogen (secondary N) is 1. The molecule has 3 nitrogen and oxygen atoms in total. The first kappa shape index (κ1) is 11.7. The normalized spacial score (nSPS) is 13.2. The first-order valence-corrected chi connectivity index (χ1v) is 5.69. The van der Waals surface area contributed by atoms with Crippen LogP contribution in [0.4, 0.5) is 0 Å². The highest BCUT2D eigenvalue weighted by atomic mass is 79.9. The third kappa shape index (κ3) is 2.58. The fourth-order valence-corrected chi connectivity index (χ4v) is 1.85. The van der Waals surface area contributed by atoms with Gasteiger partial charge < -0.3 is 5.32 Å². The average molecular weight is 260 g/mol. The molecule has 1 heterocycles. The second-order valence-electron chi connectivity index (χ2n) is 3.83. The molecule has 1 N–H and O–H groups in total. The molecule has 0 aromatic carbocycles. The largest absolute Gasteiger partial charge is 0.319 e. The predicted molar refractivity (Wildman–Crippen MR) is 62.5 cm³/mol. The summed E-state index contributed by atoms with van der Waals surface area (Å²) in [6.07, 6.45) is 0. The lowest BCUT2D eigenvalue weighted by molar-refractivity contribution is 0.428. The van der Waals surface area contributed by atoms with Crippen LogP contribution in [-0.2, 0) is 6.54 Å². The van der Waals surface area contributed by atoms with Crippen molar-refractivity contribution in [3.63, 3.8) is 0 Å². The highest BCUT2D eigenvalue weighted by molar-refractivity contribution is 9.10. The van der Waals surface area contributed by atoms with E-state index in [0.717, 1.165) is 23.3 Å². The van der Waals surface area contributed by atoms with Crippen molar-refractivity contribution in [3.05, 3.63) is 15.9 Å². The Labute approximate surface area is 94.0 Å². The zero-order chi connectivity index (χ0) is 10.7. The maximum atomic E-state index is 4.47. The van der Waals surface area contributed by atoms with Crippen LogP contribution in [0, 0.1) is 19.8 Å². The van der Waals surface area contributed by atoms with Gasteiger partial charge in [0.2, 0.25) is 0 Å². The molecule has 80 valence electrons. The van der Waals surface area contributed by atoms with Gasteiger partial charge in [0.25, 0.3) is 0 Å². The van der Waals surface area contributed by atoms with Crippen LogP contribution < -0.4 is 5.32 Å². The Morgan fingerprint density at radius 2 is 2.14 bits per heavy atom. The lowest BCUT2D eigenvalue weighted by Gasteiger charge is -2.11. The fourth-order valence-electron chi connectivity index (χ4n) is 1.56. The molecule has 14 heavy (non-hydrogen) atoms. The van der Waals surface area contributed by atoms with Crippen LogP contribution in [0.1, 0.15) is 18.3 Å². The number of hydrogen-bond donors (Lipinski definition) is 1. The number of aryl methyl sites for hydroxylation is 1. The number of hydrogen-bond acceptors (Lipinski definition) is 2. The summed E-state index contributed by atoms with van der Waals surface area (Å²) in [6, 6.07) is 0. The smallest absolute Gasteiger partial charge is 0.0738 e. The lowest BCUT2D eigenvalue weighted by atomic mass is 10.2. The van der Waals surface area contributed by atoms with Crippen LogP contribution in [0.15, 0.2) is 4.47 Å². The molecule has 0 saturated heterocycles. The monoisotopic (exact) mass is 259 g/mol. The molecule has 1 unspecified atom stereocenters. The highest BCUT2D eigenvalue weighted by Gasteiger charge is 2.10. The van der Waals surface area contributed by atoms with Gasteiger partial charge in [0, 0.05) is 12.2 Å². The first-order valence-electron chi connectivity index (χ1n) is 4.90. The Morgan fingerprint density at radius 3 is 2.57 bits per heavy atom. The van der Waals surface area contributed by atoms with Gasteiger partial charge in [-0.3, -0.25) is 4.68 Å². The zero-order valence-electron chi connectivity index (χ0n) is 9.26. The molecule has 0 fully saturated rings. The van der Waals surface area contributed by atoms with Crippen LogP contribution in [0.3, 0.4) is 0 Å². The molecule has 0 bridgehead atoms. The number of aromatic nitrogens is 2. The third-order valence-electron chi connectivity index (χ3n) is 2.33. The summed E-state index contributed by atoms with van der Waals surface area (Å²) in [4.78, 5) is 0. The van der Waals surface area contributed by atoms with Gasteiger partial charge in [-0.1, -0.05) is 6.92 Å². The van der Waals surface area contributed by atoms with E-state index in [4.69, 9.17) is 0 Å². The van der Waals surface area contributed by atoms with Crippen molar-refractivity contribution in [3.8, 4) is 0 Å². The van der Waals surface area contributed by atoms with Crippen LogP contribution in [0.25, 0.3) is 0 Å². The molecule has 4 heteroatoms. The molecule has 1 aromatic rings. The molecule has 0 aliphatic heterocycles. The van der Waals surface area contributed by atoms with Crippen LogP contribution >= 0.6 is 15.9 Å². The molecular formula is C10H18BrN3. The van der Waals surface area contributed by atoms with E-state index >= 15 is 0 Å². The van der Waals surface area contributed by atoms with Crippen LogP contribution in [0.5, 0.6) is 0 Å². The van der Waals surface area contributed by atoms with Crippen molar-refractivity contribution in [2.45, 2.75) is 27.3 Å². The van der Waals surface area contributed by atoms with E-state index in [1.807, 2.05) is 14.0 Å². The summed E-state index contributed by atoms with van der Waals surface area (Å²) in [5.41, 5.74) is 2.28. The van der Waals surface area contributed by atoms with Gasteiger partial charge in [-0.05, 0) is 49.3 Å². The summed E-state index contributed by atoms with van der Waals surface area (Å²) >= 11 is 3.53. The molecule has 0 aliphatic rings. The van der Waals surface area contributed by atoms with E-state index in [2.05, 4.69) is 44.9 Å². The van der Waals surface area contributed by atoms with Crippen LogP contribution in [-0.4, -0.2) is 23.4 Å². The Kier molecular flexibility index (Phi) is 4.13. The van der Waals surface area contributed by atoms with Crippen molar-refractivity contribution in [2.24, 2.45) is 5.92 Å². The van der Waals surface area contributed by atoms with Crippen molar-refractivity contribution < 1.29 is 0 Å². The summed E-state index contributed by atoms with van der Waals surface area (Å²) in [5, 5.41) is 7.65. The Morgan fingerprint density at radius 1 is 1.50 bits per heavy atom. The Hall–Kier alpha value is -0.350. The fraction of sp³-hybridized carbons (Fsp3) is 0.700. The summed E-state index contributed by atoms with van der Waals surface area (Å²) in [7, 11) is 1.98. The molecule has 1 aromatic heterocycles. The van der Waals surface area contributed by atoms with Crippen LogP contribution in [0.2, 0.25) is 0 Å². The van der Waals surface area contributed by atoms with E-state index in [1.54, 1.807) is 0 Å². The Balaban J connectivity index is 2.72. The number of nitrogens with zero attached hydrogens (tertiary/aromatic N) is 2. The summed E-state index contributed by atoms with van der Waals surface area (Å²) in [6.45, 7) is 8.34. The quantitative estimate of drug-likeness (QED) is 0.898. The minimum atomic E-state index is 0.602. The topological polar surface area (TPSA) is 29.9 Å². The van der Waals surface area contributed by atoms with Crippen molar-refractivity contribution >= 4 is 15.9 Å². The summed E-state index contributed by atoms with van der Waals surface area (Å²) in [5.74, 6) is 0.602. The maximum Gasteiger partial charge on any atom is 0.0738 e. The van der Waals surface area contributed by atoms with Crippen molar-refractivity contribution in [2.75, 3.05) is 13.6 Å². The van der Waals surface area contributed by atoms with E-state index in [1.165, 1.54) is 5.69 Å². The second-order valence-corrected chi connectivity index (χ2v) is 4.62. The van der Waals surface area contributed by atoms with E-state index < -0.39 is 0 Å². The van der Waals surface area contributed by atoms with Gasteiger partial charge in [-0.15, -0.1) is 0 Å². The molecule has 0 saturated carbocycles. The minimum Gasteiger partial charge on any atom is -0.319 e. The molecule has 0 aliphatic carbocycles. The lowest BCUT2D eigenvalue weighted by Crippen LogP contribution is -2.21. The standard InChI is InChI=1S/C10H18BrN3/c1-7(5-12-4)6-14-9(3)10(11)8(2)13-14/h7,12H,5-6H2,1-4H3. The molecule has 0 amide bonds. The van der Waals surface area contributed by atoms with Gasteiger partial charge >= 0.3 is 0 Å². The van der Waals surface area contributed by atoms with Gasteiger partial charge in [0.05, 0.1) is 10.2 Å². The zero-order valence-corrected chi connectivity index (χ0v) is 10.8. The van der Waals surface area contributed by atoms with Gasteiger partial charge in [-0.25, -0.2) is 0 Å². The SMILES string of the molecule is CNCC(C)Cn1nc(C)c(Br)c1C. The van der Waals surface area contributed by atoms with Crippen molar-refractivity contribution in [1.82, 2.24) is 15.1 Å². The second kappa shape index (κ2) is 4.94. The Bertz CT molecular complexity index is 307. The van der Waals surface area contributed by atoms with Gasteiger partial charge in [0.15, 0.2) is 0 Å².